The van der Waals surface area contributed by atoms with Crippen LogP contribution in [-0.4, -0.2) is 29.9 Å². The minimum absolute atomic E-state index is 0.0683. The van der Waals surface area contributed by atoms with Gasteiger partial charge >= 0.3 is 0 Å². The van der Waals surface area contributed by atoms with Crippen molar-refractivity contribution in [3.05, 3.63) is 29.8 Å². The number of carbonyl (C=O) groups excluding carboxylic acids is 1. The highest BCUT2D eigenvalue weighted by atomic mass is 16.2. The van der Waals surface area contributed by atoms with Crippen molar-refractivity contribution in [1.29, 1.82) is 0 Å². The van der Waals surface area contributed by atoms with E-state index in [1.54, 1.807) is 0 Å². The average Bonchev–Trinajstić information content (AvgIpc) is 2.77. The Hall–Kier alpha value is -1.51. The maximum atomic E-state index is 12.8. The van der Waals surface area contributed by atoms with Crippen LogP contribution in [0.2, 0.25) is 0 Å². The number of likely N-dealkylation sites (tertiary alicyclic amines) is 1. The van der Waals surface area contributed by atoms with Gasteiger partial charge in [0.05, 0.1) is 5.92 Å². The van der Waals surface area contributed by atoms with Crippen molar-refractivity contribution in [2.75, 3.05) is 18.4 Å². The predicted molar refractivity (Wildman–Crippen MR) is 81.7 cm³/mol. The van der Waals surface area contributed by atoms with Crippen molar-refractivity contribution in [3.8, 4) is 0 Å². The van der Waals surface area contributed by atoms with Gasteiger partial charge in [-0.05, 0) is 36.8 Å². The third-order valence-electron chi connectivity index (χ3n) is 4.75. The Morgan fingerprint density at radius 1 is 1.35 bits per heavy atom. The summed E-state index contributed by atoms with van der Waals surface area (Å²) >= 11 is 0. The number of hydrogen-bond donors (Lipinski definition) is 1. The first-order valence-electron chi connectivity index (χ1n) is 7.59. The Balaban J connectivity index is 1.76. The van der Waals surface area contributed by atoms with E-state index in [0.29, 0.717) is 5.91 Å². The maximum absolute atomic E-state index is 12.8. The predicted octanol–water partition coefficient (Wildman–Crippen LogP) is 2.92. The molecule has 2 atom stereocenters. The summed E-state index contributed by atoms with van der Waals surface area (Å²) in [7, 11) is 0. The number of nitrogens with one attached hydrogen (secondary N) is 1. The zero-order valence-electron chi connectivity index (χ0n) is 12.6. The summed E-state index contributed by atoms with van der Waals surface area (Å²) < 4.78 is 0. The van der Waals surface area contributed by atoms with E-state index in [2.05, 4.69) is 49.2 Å². The summed E-state index contributed by atoms with van der Waals surface area (Å²) in [6.07, 6.45) is 1.98. The summed E-state index contributed by atoms with van der Waals surface area (Å²) in [4.78, 5) is 14.9. The Kier molecular flexibility index (Phi) is 3.23. The largest absolute Gasteiger partial charge is 0.382 e. The number of para-hydroxylation sites is 1. The van der Waals surface area contributed by atoms with Crippen LogP contribution in [0, 0.1) is 11.3 Å². The van der Waals surface area contributed by atoms with Gasteiger partial charge in [-0.25, -0.2) is 0 Å². The van der Waals surface area contributed by atoms with Gasteiger partial charge in [-0.2, -0.15) is 0 Å². The molecule has 0 aromatic heterocycles. The standard InChI is InChI=1S/C17H24N2O/c1-12-14(10-13-6-4-5-7-15(13)18-12)16(20)19-9-8-17(2,3)11-19/h4-7,12,14,18H,8-11H2,1-3H3. The van der Waals surface area contributed by atoms with Gasteiger partial charge < -0.3 is 10.2 Å². The molecule has 1 fully saturated rings. The third kappa shape index (κ3) is 2.41. The number of rotatable bonds is 1. The van der Waals surface area contributed by atoms with Gasteiger partial charge in [-0.15, -0.1) is 0 Å². The van der Waals surface area contributed by atoms with Crippen molar-refractivity contribution >= 4 is 11.6 Å². The number of carbonyl (C=O) groups is 1. The fourth-order valence-electron chi connectivity index (χ4n) is 3.43. The van der Waals surface area contributed by atoms with Crippen LogP contribution >= 0.6 is 0 Å². The lowest BCUT2D eigenvalue weighted by atomic mass is 9.87. The molecule has 0 radical (unpaired) electrons. The van der Waals surface area contributed by atoms with Gasteiger partial charge in [0.25, 0.3) is 0 Å². The van der Waals surface area contributed by atoms with Crippen LogP contribution in [0.5, 0.6) is 0 Å². The molecule has 3 nitrogen and oxygen atoms in total. The van der Waals surface area contributed by atoms with Crippen LogP contribution in [0.25, 0.3) is 0 Å². The van der Waals surface area contributed by atoms with E-state index in [1.165, 1.54) is 11.3 Å². The van der Waals surface area contributed by atoms with Crippen LogP contribution < -0.4 is 5.32 Å². The molecule has 3 rings (SSSR count). The first kappa shape index (κ1) is 13.5. The lowest BCUT2D eigenvalue weighted by Crippen LogP contribution is -2.45. The molecule has 1 aromatic rings. The first-order valence-corrected chi connectivity index (χ1v) is 7.59. The van der Waals surface area contributed by atoms with Gasteiger partial charge in [0.1, 0.15) is 0 Å². The number of hydrogen-bond acceptors (Lipinski definition) is 2. The second-order valence-electron chi connectivity index (χ2n) is 7.07. The van der Waals surface area contributed by atoms with Crippen molar-refractivity contribution < 1.29 is 4.79 Å². The summed E-state index contributed by atoms with van der Waals surface area (Å²) in [5.74, 6) is 0.392. The molecule has 2 aliphatic heterocycles. The molecule has 20 heavy (non-hydrogen) atoms. The van der Waals surface area contributed by atoms with E-state index in [9.17, 15) is 4.79 Å². The Morgan fingerprint density at radius 3 is 2.80 bits per heavy atom. The quantitative estimate of drug-likeness (QED) is 0.852. The molecule has 0 bridgehead atoms. The number of fused-ring (bicyclic) bond motifs is 1. The van der Waals surface area contributed by atoms with Gasteiger partial charge in [-0.3, -0.25) is 4.79 Å². The van der Waals surface area contributed by atoms with Crippen LogP contribution in [0.3, 0.4) is 0 Å². The maximum Gasteiger partial charge on any atom is 0.228 e. The molecule has 1 aromatic carbocycles. The van der Waals surface area contributed by atoms with Crippen molar-refractivity contribution in [2.24, 2.45) is 11.3 Å². The highest BCUT2D eigenvalue weighted by Gasteiger charge is 2.38. The molecule has 0 aliphatic carbocycles. The topological polar surface area (TPSA) is 32.3 Å². The molecule has 108 valence electrons. The lowest BCUT2D eigenvalue weighted by Gasteiger charge is -2.34. The van der Waals surface area contributed by atoms with Gasteiger partial charge in [0, 0.05) is 24.8 Å². The minimum Gasteiger partial charge on any atom is -0.382 e. The lowest BCUT2D eigenvalue weighted by molar-refractivity contribution is -0.135. The molecule has 2 unspecified atom stereocenters. The van der Waals surface area contributed by atoms with Crippen molar-refractivity contribution in [1.82, 2.24) is 4.90 Å². The number of nitrogens with zero attached hydrogens (tertiary/aromatic N) is 1. The Labute approximate surface area is 121 Å². The minimum atomic E-state index is 0.0683. The second kappa shape index (κ2) is 4.80. The molecule has 2 heterocycles. The fraction of sp³-hybridized carbons (Fsp3) is 0.588. The van der Waals surface area contributed by atoms with E-state index in [-0.39, 0.29) is 17.4 Å². The van der Waals surface area contributed by atoms with Crippen molar-refractivity contribution in [2.45, 2.75) is 39.7 Å². The highest BCUT2D eigenvalue weighted by molar-refractivity contribution is 5.82. The first-order chi connectivity index (χ1) is 9.46. The molecule has 1 N–H and O–H groups in total. The third-order valence-corrected chi connectivity index (χ3v) is 4.75. The number of benzene rings is 1. The molecule has 0 spiro atoms. The number of anilines is 1. The number of amides is 1. The zero-order valence-corrected chi connectivity index (χ0v) is 12.6. The van der Waals surface area contributed by atoms with Crippen LogP contribution in [0.1, 0.15) is 32.8 Å². The fourth-order valence-corrected chi connectivity index (χ4v) is 3.43. The van der Waals surface area contributed by atoms with Crippen molar-refractivity contribution in [3.63, 3.8) is 0 Å². The molecule has 3 heteroatoms. The van der Waals surface area contributed by atoms with E-state index in [1.807, 2.05) is 6.07 Å². The summed E-state index contributed by atoms with van der Waals surface area (Å²) in [5, 5.41) is 3.49. The SMILES string of the molecule is CC1Nc2ccccc2CC1C(=O)N1CCC(C)(C)C1. The zero-order chi connectivity index (χ0) is 14.3. The van der Waals surface area contributed by atoms with E-state index in [4.69, 9.17) is 0 Å². The van der Waals surface area contributed by atoms with E-state index in [0.717, 1.165) is 25.9 Å². The molecule has 2 aliphatic rings. The van der Waals surface area contributed by atoms with E-state index < -0.39 is 0 Å². The smallest absolute Gasteiger partial charge is 0.228 e. The average molecular weight is 272 g/mol. The summed E-state index contributed by atoms with van der Waals surface area (Å²) in [5.41, 5.74) is 2.73. The summed E-state index contributed by atoms with van der Waals surface area (Å²) in [6, 6.07) is 8.54. The summed E-state index contributed by atoms with van der Waals surface area (Å²) in [6.45, 7) is 8.43. The van der Waals surface area contributed by atoms with Crippen LogP contribution in [0.4, 0.5) is 5.69 Å². The van der Waals surface area contributed by atoms with E-state index >= 15 is 0 Å². The monoisotopic (exact) mass is 272 g/mol. The normalized spacial score (nSPS) is 27.9. The Morgan fingerprint density at radius 2 is 2.10 bits per heavy atom. The molecular weight excluding hydrogens is 248 g/mol. The second-order valence-corrected chi connectivity index (χ2v) is 7.07. The van der Waals surface area contributed by atoms with Gasteiger partial charge in [0.15, 0.2) is 0 Å². The highest BCUT2D eigenvalue weighted by Crippen LogP contribution is 2.33. The molecule has 1 saturated heterocycles. The Bertz CT molecular complexity index is 523. The van der Waals surface area contributed by atoms with Crippen LogP contribution in [0.15, 0.2) is 24.3 Å². The molecule has 0 saturated carbocycles. The van der Waals surface area contributed by atoms with Crippen LogP contribution in [-0.2, 0) is 11.2 Å². The van der Waals surface area contributed by atoms with Gasteiger partial charge in [0.2, 0.25) is 5.91 Å². The molecular formula is C17H24N2O. The van der Waals surface area contributed by atoms with Gasteiger partial charge in [-0.1, -0.05) is 32.0 Å². The molecule has 1 amide bonds.